The molecule has 2 heteroatoms. The second kappa shape index (κ2) is 4.45. The fourth-order valence-corrected chi connectivity index (χ4v) is 2.64. The molecule has 0 spiro atoms. The fourth-order valence-electron chi connectivity index (χ4n) is 2.23. The molecule has 0 heterocycles. The third-order valence-electron chi connectivity index (χ3n) is 2.97. The predicted octanol–water partition coefficient (Wildman–Crippen LogP) is 3.47. The minimum Gasteiger partial charge on any atom is -0.393 e. The molecule has 0 aromatic heterocycles. The van der Waals surface area contributed by atoms with Gasteiger partial charge in [-0.1, -0.05) is 34.5 Å². The molecule has 0 aliphatic heterocycles. The summed E-state index contributed by atoms with van der Waals surface area (Å²) in [6.07, 6.45) is 4.18. The predicted molar refractivity (Wildman–Crippen MR) is 61.4 cm³/mol. The van der Waals surface area contributed by atoms with Crippen LogP contribution >= 0.6 is 15.9 Å². The van der Waals surface area contributed by atoms with Gasteiger partial charge < -0.3 is 5.11 Å². The molecule has 1 aromatic rings. The van der Waals surface area contributed by atoms with Crippen molar-refractivity contribution in [2.45, 2.75) is 37.7 Å². The summed E-state index contributed by atoms with van der Waals surface area (Å²) in [6, 6.07) is 8.44. The molecule has 1 aromatic carbocycles. The molecule has 2 atom stereocenters. The summed E-state index contributed by atoms with van der Waals surface area (Å²) in [5.41, 5.74) is 1.36. The van der Waals surface area contributed by atoms with E-state index in [2.05, 4.69) is 34.1 Å². The number of aliphatic hydroxyl groups is 1. The van der Waals surface area contributed by atoms with E-state index in [9.17, 15) is 5.11 Å². The summed E-state index contributed by atoms with van der Waals surface area (Å²) in [7, 11) is 0. The number of hydrogen-bond donors (Lipinski definition) is 1. The second-order valence-corrected chi connectivity index (χ2v) is 4.99. The Labute approximate surface area is 93.3 Å². The highest BCUT2D eigenvalue weighted by molar-refractivity contribution is 9.10. The topological polar surface area (TPSA) is 20.2 Å². The summed E-state index contributed by atoms with van der Waals surface area (Å²) in [6.45, 7) is 0. The molecule has 2 rings (SSSR count). The molecule has 1 saturated carbocycles. The Morgan fingerprint density at radius 3 is 2.86 bits per heavy atom. The number of rotatable bonds is 1. The van der Waals surface area contributed by atoms with Crippen molar-refractivity contribution in [3.8, 4) is 0 Å². The van der Waals surface area contributed by atoms with E-state index < -0.39 is 0 Å². The van der Waals surface area contributed by atoms with Crippen molar-refractivity contribution in [2.24, 2.45) is 0 Å². The summed E-state index contributed by atoms with van der Waals surface area (Å²) >= 11 is 3.48. The lowest BCUT2D eigenvalue weighted by Gasteiger charge is -2.26. The van der Waals surface area contributed by atoms with Crippen LogP contribution in [0.4, 0.5) is 0 Å². The zero-order chi connectivity index (χ0) is 9.97. The minimum atomic E-state index is -0.0901. The number of aliphatic hydroxyl groups excluding tert-OH is 1. The van der Waals surface area contributed by atoms with E-state index in [4.69, 9.17) is 0 Å². The van der Waals surface area contributed by atoms with Crippen LogP contribution in [0.5, 0.6) is 0 Å². The van der Waals surface area contributed by atoms with Gasteiger partial charge in [0.05, 0.1) is 6.10 Å². The van der Waals surface area contributed by atoms with Crippen LogP contribution in [-0.2, 0) is 0 Å². The second-order valence-electron chi connectivity index (χ2n) is 4.07. The third kappa shape index (κ3) is 2.37. The van der Waals surface area contributed by atoms with Crippen molar-refractivity contribution in [1.29, 1.82) is 0 Å². The molecule has 0 bridgehead atoms. The average molecular weight is 255 g/mol. The molecule has 1 N–H and O–H groups in total. The molecule has 1 nitrogen and oxygen atoms in total. The molecule has 0 radical (unpaired) electrons. The molecule has 1 fully saturated rings. The first-order valence-corrected chi connectivity index (χ1v) is 5.98. The van der Waals surface area contributed by atoms with E-state index in [1.165, 1.54) is 12.0 Å². The monoisotopic (exact) mass is 254 g/mol. The number of hydrogen-bond acceptors (Lipinski definition) is 1. The van der Waals surface area contributed by atoms with Crippen molar-refractivity contribution < 1.29 is 5.11 Å². The Kier molecular flexibility index (Phi) is 3.24. The summed E-state index contributed by atoms with van der Waals surface area (Å²) in [5, 5.41) is 9.60. The maximum atomic E-state index is 9.60. The standard InChI is InChI=1S/C12H15BrO/c13-11-5-1-3-9(7-11)10-4-2-6-12(14)8-10/h1,3,5,7,10,12,14H,2,4,6,8H2. The van der Waals surface area contributed by atoms with Crippen LogP contribution in [0, 0.1) is 0 Å². The SMILES string of the molecule is OC1CCCC(c2cccc(Br)c2)C1. The highest BCUT2D eigenvalue weighted by Gasteiger charge is 2.21. The van der Waals surface area contributed by atoms with Gasteiger partial charge in [0.2, 0.25) is 0 Å². The normalized spacial score (nSPS) is 27.6. The van der Waals surface area contributed by atoms with E-state index in [0.717, 1.165) is 23.7 Å². The third-order valence-corrected chi connectivity index (χ3v) is 3.46. The van der Waals surface area contributed by atoms with Gasteiger partial charge in [0, 0.05) is 4.47 Å². The lowest BCUT2D eigenvalue weighted by atomic mass is 9.83. The first kappa shape index (κ1) is 10.2. The lowest BCUT2D eigenvalue weighted by Crippen LogP contribution is -2.18. The zero-order valence-electron chi connectivity index (χ0n) is 8.12. The van der Waals surface area contributed by atoms with Crippen molar-refractivity contribution >= 4 is 15.9 Å². The molecule has 1 aliphatic rings. The average Bonchev–Trinajstić information content (AvgIpc) is 2.18. The Hall–Kier alpha value is -0.340. The maximum absolute atomic E-state index is 9.60. The summed E-state index contributed by atoms with van der Waals surface area (Å²) in [5.74, 6) is 0.552. The van der Waals surface area contributed by atoms with Crippen LogP contribution < -0.4 is 0 Å². The largest absolute Gasteiger partial charge is 0.393 e. The Bertz CT molecular complexity index is 311. The Balaban J connectivity index is 2.14. The van der Waals surface area contributed by atoms with Crippen LogP contribution in [0.3, 0.4) is 0 Å². The Morgan fingerprint density at radius 2 is 2.14 bits per heavy atom. The summed E-state index contributed by atoms with van der Waals surface area (Å²) < 4.78 is 1.13. The number of halogens is 1. The van der Waals surface area contributed by atoms with Crippen LogP contribution in [0.2, 0.25) is 0 Å². The maximum Gasteiger partial charge on any atom is 0.0546 e. The highest BCUT2D eigenvalue weighted by atomic mass is 79.9. The van der Waals surface area contributed by atoms with Gasteiger partial charge in [-0.05, 0) is 42.9 Å². The van der Waals surface area contributed by atoms with Gasteiger partial charge in [-0.2, -0.15) is 0 Å². The Morgan fingerprint density at radius 1 is 1.29 bits per heavy atom. The quantitative estimate of drug-likeness (QED) is 0.814. The van der Waals surface area contributed by atoms with Crippen LogP contribution in [0.25, 0.3) is 0 Å². The molecular weight excluding hydrogens is 240 g/mol. The van der Waals surface area contributed by atoms with E-state index in [-0.39, 0.29) is 6.10 Å². The van der Waals surface area contributed by atoms with E-state index >= 15 is 0 Å². The van der Waals surface area contributed by atoms with E-state index in [1.807, 2.05) is 6.07 Å². The van der Waals surface area contributed by atoms with Gasteiger partial charge in [-0.15, -0.1) is 0 Å². The van der Waals surface area contributed by atoms with Crippen molar-refractivity contribution in [1.82, 2.24) is 0 Å². The smallest absolute Gasteiger partial charge is 0.0546 e. The molecule has 0 amide bonds. The van der Waals surface area contributed by atoms with Gasteiger partial charge in [-0.25, -0.2) is 0 Å². The van der Waals surface area contributed by atoms with Crippen molar-refractivity contribution in [3.05, 3.63) is 34.3 Å². The number of benzene rings is 1. The first-order chi connectivity index (χ1) is 6.75. The van der Waals surface area contributed by atoms with Crippen molar-refractivity contribution in [3.63, 3.8) is 0 Å². The minimum absolute atomic E-state index is 0.0901. The van der Waals surface area contributed by atoms with Gasteiger partial charge in [-0.3, -0.25) is 0 Å². The van der Waals surface area contributed by atoms with Gasteiger partial charge in [0.1, 0.15) is 0 Å². The van der Waals surface area contributed by atoms with Crippen LogP contribution in [0.15, 0.2) is 28.7 Å². The molecule has 14 heavy (non-hydrogen) atoms. The van der Waals surface area contributed by atoms with Gasteiger partial charge >= 0.3 is 0 Å². The van der Waals surface area contributed by atoms with E-state index in [1.54, 1.807) is 0 Å². The highest BCUT2D eigenvalue weighted by Crippen LogP contribution is 2.33. The summed E-state index contributed by atoms with van der Waals surface area (Å²) in [4.78, 5) is 0. The van der Waals surface area contributed by atoms with E-state index in [0.29, 0.717) is 5.92 Å². The van der Waals surface area contributed by atoms with Crippen molar-refractivity contribution in [2.75, 3.05) is 0 Å². The van der Waals surface area contributed by atoms with Gasteiger partial charge in [0.15, 0.2) is 0 Å². The van der Waals surface area contributed by atoms with Crippen LogP contribution in [0.1, 0.15) is 37.2 Å². The lowest BCUT2D eigenvalue weighted by molar-refractivity contribution is 0.119. The molecule has 2 unspecified atom stereocenters. The van der Waals surface area contributed by atoms with Crippen LogP contribution in [-0.4, -0.2) is 11.2 Å². The molecule has 76 valence electrons. The zero-order valence-corrected chi connectivity index (χ0v) is 9.70. The van der Waals surface area contributed by atoms with Gasteiger partial charge in [0.25, 0.3) is 0 Å². The molecule has 1 aliphatic carbocycles. The molecular formula is C12H15BrO. The first-order valence-electron chi connectivity index (χ1n) is 5.19. The fraction of sp³-hybridized carbons (Fsp3) is 0.500. The molecule has 0 saturated heterocycles.